The quantitative estimate of drug-likeness (QED) is 0.0382. The maximum Gasteiger partial charge on any atom is 0.249 e. The molecule has 0 aliphatic heterocycles. The number of hydrogen-bond donors (Lipinski definition) is 5. The van der Waals surface area contributed by atoms with E-state index in [4.69, 9.17) is 0 Å². The highest BCUT2D eigenvalue weighted by Gasteiger charge is 2.28. The van der Waals surface area contributed by atoms with Crippen LogP contribution in [0.3, 0.4) is 0 Å². The first-order valence-electron chi connectivity index (χ1n) is 18.4. The maximum atomic E-state index is 12.4. The lowest BCUT2D eigenvalue weighted by Gasteiger charge is -2.27. The summed E-state index contributed by atoms with van der Waals surface area (Å²) in [5.41, 5.74) is 0. The summed E-state index contributed by atoms with van der Waals surface area (Å²) in [6, 6.07) is -1.01. The van der Waals surface area contributed by atoms with Crippen LogP contribution in [-0.4, -0.2) is 57.3 Å². The van der Waals surface area contributed by atoms with Crippen molar-refractivity contribution in [3.8, 4) is 0 Å². The molecule has 0 fully saturated rings. The molecule has 44 heavy (non-hydrogen) atoms. The highest BCUT2D eigenvalue weighted by molar-refractivity contribution is 5.80. The smallest absolute Gasteiger partial charge is 0.249 e. The van der Waals surface area contributed by atoms with E-state index in [-0.39, 0.29) is 0 Å². The van der Waals surface area contributed by atoms with E-state index in [0.29, 0.717) is 19.3 Å². The minimum Gasteiger partial charge on any atom is -0.394 e. The normalized spacial score (nSPS) is 15.0. The van der Waals surface area contributed by atoms with Crippen LogP contribution in [0.5, 0.6) is 0 Å². The molecular formula is C38H71NO5. The molecule has 258 valence electrons. The first-order valence-corrected chi connectivity index (χ1v) is 18.4. The average molecular weight is 622 g/mol. The second-order valence-corrected chi connectivity index (χ2v) is 12.5. The third-order valence-electron chi connectivity index (χ3n) is 8.30. The monoisotopic (exact) mass is 622 g/mol. The third kappa shape index (κ3) is 26.9. The standard InChI is InChI=1S/C38H71NO5/c1-3-5-7-9-11-13-15-16-17-18-19-20-21-22-24-25-27-29-31-35(41)37(43)34(33-40)39-38(44)36(42)32-30-28-26-23-14-12-10-8-6-4-2/h10,12,19-20,24-25,34-37,40-43H,3-9,11,13-18,21-23,26-33H2,1-2H3,(H,39,44)/b12-10-,20-19+,25-24+. The molecule has 5 N–H and O–H groups in total. The van der Waals surface area contributed by atoms with Gasteiger partial charge < -0.3 is 25.7 Å². The van der Waals surface area contributed by atoms with E-state index < -0.39 is 36.9 Å². The summed E-state index contributed by atoms with van der Waals surface area (Å²) >= 11 is 0. The van der Waals surface area contributed by atoms with Crippen molar-refractivity contribution in [2.45, 2.75) is 192 Å². The van der Waals surface area contributed by atoms with Crippen LogP contribution in [0.15, 0.2) is 36.5 Å². The second-order valence-electron chi connectivity index (χ2n) is 12.5. The topological polar surface area (TPSA) is 110 Å². The Balaban J connectivity index is 3.90. The van der Waals surface area contributed by atoms with Crippen LogP contribution in [0.1, 0.15) is 168 Å². The zero-order valence-corrected chi connectivity index (χ0v) is 28.6. The van der Waals surface area contributed by atoms with E-state index in [9.17, 15) is 25.2 Å². The van der Waals surface area contributed by atoms with Crippen LogP contribution in [0.2, 0.25) is 0 Å². The largest absolute Gasteiger partial charge is 0.394 e. The SMILES string of the molecule is CCCC/C=C\CCCCCCC(O)C(=O)NC(CO)C(O)C(O)CCC/C=C/CC/C=C/CCCCCCCCCCC. The summed E-state index contributed by atoms with van der Waals surface area (Å²) in [6.07, 6.45) is 36.0. The van der Waals surface area contributed by atoms with E-state index in [2.05, 4.69) is 55.6 Å². The number of carbonyl (C=O) groups excluding carboxylic acids is 1. The molecule has 0 radical (unpaired) electrons. The van der Waals surface area contributed by atoms with Gasteiger partial charge in [0.2, 0.25) is 5.91 Å². The lowest BCUT2D eigenvalue weighted by molar-refractivity contribution is -0.132. The Labute approximate surface area is 271 Å². The molecule has 0 saturated heterocycles. The molecule has 4 atom stereocenters. The van der Waals surface area contributed by atoms with Crippen molar-refractivity contribution in [1.29, 1.82) is 0 Å². The van der Waals surface area contributed by atoms with Gasteiger partial charge in [0.15, 0.2) is 0 Å². The predicted molar refractivity (Wildman–Crippen MR) is 187 cm³/mol. The Kier molecular flexibility index (Phi) is 31.8. The molecule has 4 unspecified atom stereocenters. The molecule has 0 spiro atoms. The van der Waals surface area contributed by atoms with E-state index in [1.165, 1.54) is 77.0 Å². The predicted octanol–water partition coefficient (Wildman–Crippen LogP) is 8.62. The van der Waals surface area contributed by atoms with Crippen molar-refractivity contribution in [1.82, 2.24) is 5.32 Å². The number of nitrogens with one attached hydrogen (secondary N) is 1. The number of rotatable bonds is 32. The molecule has 0 aliphatic carbocycles. The minimum absolute atomic E-state index is 0.344. The summed E-state index contributed by atoms with van der Waals surface area (Å²) < 4.78 is 0. The molecule has 0 saturated carbocycles. The molecule has 6 heteroatoms. The van der Waals surface area contributed by atoms with Crippen LogP contribution < -0.4 is 5.32 Å². The maximum absolute atomic E-state index is 12.4. The Bertz CT molecular complexity index is 707. The zero-order chi connectivity index (χ0) is 32.5. The number of amides is 1. The van der Waals surface area contributed by atoms with E-state index >= 15 is 0 Å². The highest BCUT2D eigenvalue weighted by atomic mass is 16.3. The Morgan fingerprint density at radius 3 is 1.50 bits per heavy atom. The Morgan fingerprint density at radius 2 is 0.977 bits per heavy atom. The van der Waals surface area contributed by atoms with Crippen molar-refractivity contribution in [3.63, 3.8) is 0 Å². The Morgan fingerprint density at radius 1 is 0.545 bits per heavy atom. The molecular weight excluding hydrogens is 550 g/mol. The molecule has 0 aliphatic rings. The zero-order valence-electron chi connectivity index (χ0n) is 28.6. The molecule has 0 rings (SSSR count). The summed E-state index contributed by atoms with van der Waals surface area (Å²) in [7, 11) is 0. The van der Waals surface area contributed by atoms with Crippen LogP contribution in [0, 0.1) is 0 Å². The van der Waals surface area contributed by atoms with Crippen LogP contribution in [0.4, 0.5) is 0 Å². The number of carbonyl (C=O) groups is 1. The molecule has 0 bridgehead atoms. The fourth-order valence-electron chi connectivity index (χ4n) is 5.28. The van der Waals surface area contributed by atoms with Gasteiger partial charge in [0.25, 0.3) is 0 Å². The number of aliphatic hydroxyl groups excluding tert-OH is 4. The lowest BCUT2D eigenvalue weighted by Crippen LogP contribution is -2.53. The van der Waals surface area contributed by atoms with Gasteiger partial charge in [-0.1, -0.05) is 134 Å². The number of hydrogen-bond acceptors (Lipinski definition) is 5. The van der Waals surface area contributed by atoms with Crippen molar-refractivity contribution >= 4 is 5.91 Å². The number of unbranched alkanes of at least 4 members (excludes halogenated alkanes) is 17. The van der Waals surface area contributed by atoms with Gasteiger partial charge in [-0.3, -0.25) is 4.79 Å². The minimum atomic E-state index is -1.29. The van der Waals surface area contributed by atoms with Crippen LogP contribution >= 0.6 is 0 Å². The highest BCUT2D eigenvalue weighted by Crippen LogP contribution is 2.13. The summed E-state index contributed by atoms with van der Waals surface area (Å²) in [5, 5.41) is 43.3. The molecule has 1 amide bonds. The van der Waals surface area contributed by atoms with E-state index in [1.807, 2.05) is 0 Å². The molecule has 0 aromatic carbocycles. The van der Waals surface area contributed by atoms with Crippen molar-refractivity contribution in [3.05, 3.63) is 36.5 Å². The van der Waals surface area contributed by atoms with Crippen LogP contribution in [0.25, 0.3) is 0 Å². The van der Waals surface area contributed by atoms with Crippen molar-refractivity contribution in [2.75, 3.05) is 6.61 Å². The van der Waals surface area contributed by atoms with Gasteiger partial charge in [-0.05, 0) is 70.6 Å². The Hall–Kier alpha value is -1.47. The summed E-state index contributed by atoms with van der Waals surface area (Å²) in [6.45, 7) is 3.95. The fraction of sp³-hybridized carbons (Fsp3) is 0.816. The van der Waals surface area contributed by atoms with Crippen molar-refractivity contribution < 1.29 is 25.2 Å². The van der Waals surface area contributed by atoms with Gasteiger partial charge >= 0.3 is 0 Å². The lowest BCUT2D eigenvalue weighted by atomic mass is 10.00. The van der Waals surface area contributed by atoms with Gasteiger partial charge in [-0.2, -0.15) is 0 Å². The molecule has 6 nitrogen and oxygen atoms in total. The van der Waals surface area contributed by atoms with E-state index in [1.54, 1.807) is 0 Å². The summed E-state index contributed by atoms with van der Waals surface area (Å²) in [5.74, 6) is -0.612. The average Bonchev–Trinajstić information content (AvgIpc) is 3.03. The second kappa shape index (κ2) is 32.9. The molecule has 0 aromatic rings. The van der Waals surface area contributed by atoms with Gasteiger partial charge in [-0.15, -0.1) is 0 Å². The third-order valence-corrected chi connectivity index (χ3v) is 8.30. The van der Waals surface area contributed by atoms with E-state index in [0.717, 1.165) is 57.8 Å². The number of allylic oxidation sites excluding steroid dienone is 6. The van der Waals surface area contributed by atoms with Gasteiger partial charge in [0.05, 0.1) is 18.8 Å². The van der Waals surface area contributed by atoms with Gasteiger partial charge in [0.1, 0.15) is 12.2 Å². The number of aliphatic hydroxyl groups is 4. The van der Waals surface area contributed by atoms with Crippen molar-refractivity contribution in [2.24, 2.45) is 0 Å². The van der Waals surface area contributed by atoms with Crippen LogP contribution in [-0.2, 0) is 4.79 Å². The summed E-state index contributed by atoms with van der Waals surface area (Å²) in [4.78, 5) is 12.4. The first kappa shape index (κ1) is 42.5. The fourth-order valence-corrected chi connectivity index (χ4v) is 5.28. The molecule has 0 aromatic heterocycles. The van der Waals surface area contributed by atoms with Gasteiger partial charge in [0, 0.05) is 0 Å². The first-order chi connectivity index (χ1) is 21.5. The van der Waals surface area contributed by atoms with Gasteiger partial charge in [-0.25, -0.2) is 0 Å². The molecule has 0 heterocycles.